The third-order valence-electron chi connectivity index (χ3n) is 2.65. The lowest BCUT2D eigenvalue weighted by Gasteiger charge is -2.24. The zero-order valence-corrected chi connectivity index (χ0v) is 11.8. The molecule has 0 radical (unpaired) electrons. The molecule has 0 atom stereocenters. The normalized spacial score (nSPS) is 11.7. The zero-order chi connectivity index (χ0) is 13.5. The molecule has 1 rings (SSSR count). The van der Waals surface area contributed by atoms with Crippen molar-refractivity contribution < 1.29 is 9.21 Å². The number of Topliss-reactive ketones (excluding diaryl/α,β-unsaturated/α-hetero) is 1. The number of carbonyl (C=O) groups excluding carboxylic acids is 1. The van der Waals surface area contributed by atoms with Crippen LogP contribution in [0.25, 0.3) is 0 Å². The van der Waals surface area contributed by atoms with Gasteiger partial charge in [0.25, 0.3) is 0 Å². The molecule has 0 aliphatic heterocycles. The van der Waals surface area contributed by atoms with E-state index in [1.54, 1.807) is 18.4 Å². The number of nitrogens with zero attached hydrogens (tertiary/aromatic N) is 2. The van der Waals surface area contributed by atoms with Gasteiger partial charge in [0.15, 0.2) is 5.76 Å². The van der Waals surface area contributed by atoms with Crippen molar-refractivity contribution in [3.05, 3.63) is 24.2 Å². The lowest BCUT2D eigenvalue weighted by atomic mass is 10.2. The molecular formula is C14H24N2O2. The van der Waals surface area contributed by atoms with E-state index in [0.29, 0.717) is 18.2 Å². The molecule has 1 aromatic rings. The molecule has 0 aromatic carbocycles. The van der Waals surface area contributed by atoms with Crippen molar-refractivity contribution in [2.75, 3.05) is 40.3 Å². The van der Waals surface area contributed by atoms with E-state index in [1.165, 1.54) is 0 Å². The van der Waals surface area contributed by atoms with E-state index in [-0.39, 0.29) is 5.78 Å². The minimum absolute atomic E-state index is 0.0550. The van der Waals surface area contributed by atoms with E-state index in [2.05, 4.69) is 23.6 Å². The molecule has 0 fully saturated rings. The smallest absolute Gasteiger partial charge is 0.211 e. The molecule has 0 bridgehead atoms. The third-order valence-corrected chi connectivity index (χ3v) is 2.65. The van der Waals surface area contributed by atoms with Crippen molar-refractivity contribution in [3.8, 4) is 0 Å². The van der Waals surface area contributed by atoms with Crippen LogP contribution in [0.5, 0.6) is 0 Å². The molecule has 0 aliphatic rings. The Hall–Kier alpha value is -1.13. The highest BCUT2D eigenvalue weighted by Gasteiger charge is 2.15. The summed E-state index contributed by atoms with van der Waals surface area (Å²) in [6.07, 6.45) is 1.54. The number of likely N-dealkylation sites (N-methyl/N-ethyl adjacent to an activating group) is 1. The highest BCUT2D eigenvalue weighted by atomic mass is 16.3. The summed E-state index contributed by atoms with van der Waals surface area (Å²) in [6.45, 7) is 7.55. The molecule has 1 heterocycles. The first-order chi connectivity index (χ1) is 8.49. The van der Waals surface area contributed by atoms with Gasteiger partial charge < -0.3 is 9.32 Å². The summed E-state index contributed by atoms with van der Waals surface area (Å²) in [5.74, 6) is 1.06. The summed E-state index contributed by atoms with van der Waals surface area (Å²) in [6, 6.07) is 3.47. The molecule has 0 spiro atoms. The monoisotopic (exact) mass is 252 g/mol. The van der Waals surface area contributed by atoms with Crippen LogP contribution in [0.1, 0.15) is 24.4 Å². The molecule has 0 saturated heterocycles. The van der Waals surface area contributed by atoms with Gasteiger partial charge in [-0.1, -0.05) is 13.8 Å². The predicted molar refractivity (Wildman–Crippen MR) is 72.9 cm³/mol. The molecule has 0 unspecified atom stereocenters. The average Bonchev–Trinajstić information content (AvgIpc) is 2.78. The molecule has 0 aliphatic carbocycles. The van der Waals surface area contributed by atoms with Crippen LogP contribution in [0.4, 0.5) is 0 Å². The molecule has 4 nitrogen and oxygen atoms in total. The molecule has 1 aromatic heterocycles. The molecule has 0 N–H and O–H groups in total. The summed E-state index contributed by atoms with van der Waals surface area (Å²) >= 11 is 0. The summed E-state index contributed by atoms with van der Waals surface area (Å²) in [7, 11) is 4.09. The molecule has 18 heavy (non-hydrogen) atoms. The minimum Gasteiger partial charge on any atom is -0.461 e. The molecule has 4 heteroatoms. The van der Waals surface area contributed by atoms with Gasteiger partial charge in [-0.05, 0) is 32.1 Å². The van der Waals surface area contributed by atoms with E-state index in [1.807, 2.05) is 14.1 Å². The van der Waals surface area contributed by atoms with Gasteiger partial charge in [0.2, 0.25) is 5.78 Å². The Balaban J connectivity index is 2.51. The van der Waals surface area contributed by atoms with Crippen LogP contribution < -0.4 is 0 Å². The number of carbonyl (C=O) groups is 1. The predicted octanol–water partition coefficient (Wildman–Crippen LogP) is 1.98. The first-order valence-corrected chi connectivity index (χ1v) is 6.43. The van der Waals surface area contributed by atoms with Crippen molar-refractivity contribution in [3.63, 3.8) is 0 Å². The van der Waals surface area contributed by atoms with E-state index in [9.17, 15) is 4.79 Å². The Morgan fingerprint density at radius 1 is 1.33 bits per heavy atom. The van der Waals surface area contributed by atoms with E-state index < -0.39 is 0 Å². The van der Waals surface area contributed by atoms with Crippen LogP contribution in [-0.2, 0) is 0 Å². The number of hydrogen-bond donors (Lipinski definition) is 0. The number of furan rings is 1. The van der Waals surface area contributed by atoms with Gasteiger partial charge in [0, 0.05) is 19.6 Å². The first kappa shape index (κ1) is 14.9. The van der Waals surface area contributed by atoms with Gasteiger partial charge in [-0.15, -0.1) is 0 Å². The van der Waals surface area contributed by atoms with E-state index in [0.717, 1.165) is 19.6 Å². The van der Waals surface area contributed by atoms with Crippen molar-refractivity contribution in [2.45, 2.75) is 13.8 Å². The quantitative estimate of drug-likeness (QED) is 0.663. The van der Waals surface area contributed by atoms with Crippen molar-refractivity contribution in [1.82, 2.24) is 9.80 Å². The summed E-state index contributed by atoms with van der Waals surface area (Å²) in [4.78, 5) is 16.3. The van der Waals surface area contributed by atoms with Crippen LogP contribution in [0.2, 0.25) is 0 Å². The van der Waals surface area contributed by atoms with Crippen LogP contribution in [0.3, 0.4) is 0 Å². The maximum absolute atomic E-state index is 12.0. The van der Waals surface area contributed by atoms with Gasteiger partial charge in [-0.3, -0.25) is 9.69 Å². The Kier molecular flexibility index (Phi) is 6.09. The molecular weight excluding hydrogens is 228 g/mol. The van der Waals surface area contributed by atoms with Crippen LogP contribution in [-0.4, -0.2) is 55.9 Å². The van der Waals surface area contributed by atoms with Gasteiger partial charge in [-0.2, -0.15) is 0 Å². The SMILES string of the molecule is CC(C)CN(CCN(C)C)CC(=O)c1ccco1. The fraction of sp³-hybridized carbons (Fsp3) is 0.643. The third kappa shape index (κ3) is 5.47. The summed E-state index contributed by atoms with van der Waals surface area (Å²) in [5, 5.41) is 0. The van der Waals surface area contributed by atoms with Crippen LogP contribution in [0.15, 0.2) is 22.8 Å². The van der Waals surface area contributed by atoms with Crippen LogP contribution in [0, 0.1) is 5.92 Å². The maximum atomic E-state index is 12.0. The van der Waals surface area contributed by atoms with Crippen molar-refractivity contribution in [1.29, 1.82) is 0 Å². The lowest BCUT2D eigenvalue weighted by molar-refractivity contribution is 0.0888. The molecule has 0 saturated carbocycles. The fourth-order valence-electron chi connectivity index (χ4n) is 1.81. The minimum atomic E-state index is 0.0550. The van der Waals surface area contributed by atoms with Crippen molar-refractivity contribution >= 4 is 5.78 Å². The van der Waals surface area contributed by atoms with Gasteiger partial charge in [0.1, 0.15) is 0 Å². The topological polar surface area (TPSA) is 36.7 Å². The maximum Gasteiger partial charge on any atom is 0.211 e. The van der Waals surface area contributed by atoms with Crippen LogP contribution >= 0.6 is 0 Å². The highest BCUT2D eigenvalue weighted by molar-refractivity contribution is 5.94. The summed E-state index contributed by atoms with van der Waals surface area (Å²) in [5.41, 5.74) is 0. The Labute approximate surface area is 110 Å². The number of rotatable bonds is 8. The Bertz CT molecular complexity index is 345. The Morgan fingerprint density at radius 2 is 2.06 bits per heavy atom. The largest absolute Gasteiger partial charge is 0.461 e. The average molecular weight is 252 g/mol. The standard InChI is InChI=1S/C14H24N2O2/c1-12(2)10-16(8-7-15(3)4)11-13(17)14-6-5-9-18-14/h5-6,9,12H,7-8,10-11H2,1-4H3. The second-order valence-electron chi connectivity index (χ2n) is 5.33. The second-order valence-corrected chi connectivity index (χ2v) is 5.33. The first-order valence-electron chi connectivity index (χ1n) is 6.43. The zero-order valence-electron chi connectivity index (χ0n) is 11.8. The number of hydrogen-bond acceptors (Lipinski definition) is 4. The van der Waals surface area contributed by atoms with Crippen molar-refractivity contribution in [2.24, 2.45) is 5.92 Å². The lowest BCUT2D eigenvalue weighted by Crippen LogP contribution is -2.37. The van der Waals surface area contributed by atoms with Gasteiger partial charge >= 0.3 is 0 Å². The fourth-order valence-corrected chi connectivity index (χ4v) is 1.81. The second kappa shape index (κ2) is 7.34. The van der Waals surface area contributed by atoms with E-state index >= 15 is 0 Å². The van der Waals surface area contributed by atoms with Gasteiger partial charge in [0.05, 0.1) is 12.8 Å². The summed E-state index contributed by atoms with van der Waals surface area (Å²) < 4.78 is 5.14. The number of ketones is 1. The molecule has 102 valence electrons. The van der Waals surface area contributed by atoms with Gasteiger partial charge in [-0.25, -0.2) is 0 Å². The Morgan fingerprint density at radius 3 is 2.56 bits per heavy atom. The highest BCUT2D eigenvalue weighted by Crippen LogP contribution is 2.05. The van der Waals surface area contributed by atoms with E-state index in [4.69, 9.17) is 4.42 Å². The molecule has 0 amide bonds.